The minimum absolute atomic E-state index is 0.0788. The van der Waals surface area contributed by atoms with E-state index in [1.54, 1.807) is 18.2 Å². The van der Waals surface area contributed by atoms with Crippen molar-refractivity contribution in [3.05, 3.63) is 58.8 Å². The summed E-state index contributed by atoms with van der Waals surface area (Å²) >= 11 is -2.29. The molecule has 0 aliphatic heterocycles. The Hall–Kier alpha value is -2.38. The van der Waals surface area contributed by atoms with Gasteiger partial charge >= 0.3 is 5.63 Å². The van der Waals surface area contributed by atoms with Gasteiger partial charge in [0.15, 0.2) is 0 Å². The number of hydrogen-bond donors (Lipinski definition) is 0. The fourth-order valence-corrected chi connectivity index (χ4v) is 2.29. The number of aromatic nitrogens is 2. The highest BCUT2D eigenvalue weighted by Gasteiger charge is 2.09. The van der Waals surface area contributed by atoms with Crippen molar-refractivity contribution < 1.29 is 13.2 Å². The largest absolute Gasteiger partial charge is 0.772 e. The summed E-state index contributed by atoms with van der Waals surface area (Å²) in [5.41, 5.74) is 0.696. The molecule has 2 aromatic heterocycles. The number of rotatable bonds is 3. The van der Waals surface area contributed by atoms with Crippen LogP contribution in [0.15, 0.2) is 51.8 Å². The highest BCUT2D eigenvalue weighted by molar-refractivity contribution is 7.78. The Balaban J connectivity index is 2.13. The monoisotopic (exact) mass is 301 g/mol. The van der Waals surface area contributed by atoms with E-state index < -0.39 is 16.7 Å². The van der Waals surface area contributed by atoms with Gasteiger partial charge in [-0.05, 0) is 22.7 Å². The second-order valence-corrected chi connectivity index (χ2v) is 5.20. The second kappa shape index (κ2) is 5.55. The molecule has 0 N–H and O–H groups in total. The first-order valence-electron chi connectivity index (χ1n) is 6.04. The summed E-state index contributed by atoms with van der Waals surface area (Å²) in [6.07, 6.45) is 1.44. The van der Waals surface area contributed by atoms with E-state index in [1.165, 1.54) is 6.20 Å². The highest BCUT2D eigenvalue weighted by atomic mass is 32.2. The average Bonchev–Trinajstić information content (AvgIpc) is 2.46. The predicted octanol–water partition coefficient (Wildman–Crippen LogP) is 1.63. The molecule has 1 atom stereocenters. The van der Waals surface area contributed by atoms with E-state index in [0.29, 0.717) is 10.9 Å². The summed E-state index contributed by atoms with van der Waals surface area (Å²) < 4.78 is 26.4. The van der Waals surface area contributed by atoms with E-state index in [0.717, 1.165) is 5.56 Å². The number of fused-ring (bicyclic) bond motifs is 1. The van der Waals surface area contributed by atoms with E-state index >= 15 is 0 Å². The average molecular weight is 301 g/mol. The summed E-state index contributed by atoms with van der Waals surface area (Å²) in [6, 6.07) is 10.7. The molecule has 106 valence electrons. The molecule has 0 spiro atoms. The Kier molecular flexibility index (Phi) is 3.59. The molecule has 0 aliphatic carbocycles. The van der Waals surface area contributed by atoms with Gasteiger partial charge in [0.05, 0.1) is 16.7 Å². The molecular weight excluding hydrogens is 292 g/mol. The van der Waals surface area contributed by atoms with Gasteiger partial charge in [-0.2, -0.15) is 4.98 Å². The van der Waals surface area contributed by atoms with Gasteiger partial charge in [-0.1, -0.05) is 30.3 Å². The zero-order valence-electron chi connectivity index (χ0n) is 10.7. The fourth-order valence-electron chi connectivity index (χ4n) is 1.94. The summed E-state index contributed by atoms with van der Waals surface area (Å²) in [6.45, 7) is 0. The molecule has 6 nitrogen and oxygen atoms in total. The fraction of sp³-hybridized carbons (Fsp3) is 0.0714. The van der Waals surface area contributed by atoms with Crippen LogP contribution in [0.1, 0.15) is 5.82 Å². The third-order valence-electron chi connectivity index (χ3n) is 2.87. The van der Waals surface area contributed by atoms with Crippen LogP contribution >= 0.6 is 0 Å². The summed E-state index contributed by atoms with van der Waals surface area (Å²) in [4.78, 5) is 19.9. The zero-order valence-corrected chi connectivity index (χ0v) is 11.5. The molecule has 7 heteroatoms. The van der Waals surface area contributed by atoms with E-state index in [9.17, 15) is 13.6 Å². The Bertz CT molecular complexity index is 877. The smallest absolute Gasteiger partial charge is 0.345 e. The maximum atomic E-state index is 12.0. The maximum absolute atomic E-state index is 12.0. The first kappa shape index (κ1) is 13.6. The van der Waals surface area contributed by atoms with Crippen molar-refractivity contribution in [3.8, 4) is 11.1 Å². The van der Waals surface area contributed by atoms with E-state index in [1.807, 2.05) is 18.2 Å². The van der Waals surface area contributed by atoms with Crippen molar-refractivity contribution in [1.29, 1.82) is 0 Å². The lowest BCUT2D eigenvalue weighted by Crippen LogP contribution is -2.06. The summed E-state index contributed by atoms with van der Waals surface area (Å²) in [5, 5.41) is 0.536. The Morgan fingerprint density at radius 3 is 2.71 bits per heavy atom. The van der Waals surface area contributed by atoms with Crippen LogP contribution in [0, 0.1) is 0 Å². The van der Waals surface area contributed by atoms with Crippen molar-refractivity contribution in [3.63, 3.8) is 0 Å². The SMILES string of the molecule is O=c1oc2nc(CS(=O)[O-])ncc2cc1-c1ccccc1. The van der Waals surface area contributed by atoms with Crippen LogP contribution in [-0.4, -0.2) is 18.7 Å². The van der Waals surface area contributed by atoms with E-state index in [2.05, 4.69) is 9.97 Å². The van der Waals surface area contributed by atoms with Crippen LogP contribution in [0.3, 0.4) is 0 Å². The molecule has 0 amide bonds. The van der Waals surface area contributed by atoms with Gasteiger partial charge in [0, 0.05) is 6.20 Å². The van der Waals surface area contributed by atoms with Gasteiger partial charge in [-0.25, -0.2) is 9.78 Å². The van der Waals surface area contributed by atoms with Crippen LogP contribution in [0.2, 0.25) is 0 Å². The minimum Gasteiger partial charge on any atom is -0.772 e. The first-order valence-corrected chi connectivity index (χ1v) is 7.29. The van der Waals surface area contributed by atoms with Crippen molar-refractivity contribution in [2.75, 3.05) is 0 Å². The first-order chi connectivity index (χ1) is 10.1. The standard InChI is InChI=1S/C14H10N2O4S/c17-14-11(9-4-2-1-3-5-9)6-10-7-15-12(8-21(18)19)16-13(10)20-14/h1-7H,8H2,(H,18,19)/p-1. The van der Waals surface area contributed by atoms with Crippen LogP contribution in [0.5, 0.6) is 0 Å². The quantitative estimate of drug-likeness (QED) is 0.682. The van der Waals surface area contributed by atoms with Gasteiger partial charge in [0.1, 0.15) is 5.82 Å². The lowest BCUT2D eigenvalue weighted by molar-refractivity contribution is 0.533. The minimum atomic E-state index is -2.29. The Morgan fingerprint density at radius 1 is 1.24 bits per heavy atom. The molecule has 3 aromatic rings. The Labute approximate surface area is 121 Å². The molecule has 0 aliphatic rings. The van der Waals surface area contributed by atoms with E-state index in [4.69, 9.17) is 4.42 Å². The molecule has 21 heavy (non-hydrogen) atoms. The van der Waals surface area contributed by atoms with Crippen molar-refractivity contribution in [2.45, 2.75) is 5.75 Å². The van der Waals surface area contributed by atoms with Crippen LogP contribution in [0.4, 0.5) is 0 Å². The molecule has 0 fully saturated rings. The number of hydrogen-bond acceptors (Lipinski definition) is 6. The van der Waals surface area contributed by atoms with Crippen LogP contribution < -0.4 is 5.63 Å². The second-order valence-electron chi connectivity index (χ2n) is 4.31. The summed E-state index contributed by atoms with van der Waals surface area (Å²) in [5.74, 6) is -0.230. The van der Waals surface area contributed by atoms with Crippen molar-refractivity contribution >= 4 is 22.2 Å². The van der Waals surface area contributed by atoms with Crippen LogP contribution in [-0.2, 0) is 16.8 Å². The lowest BCUT2D eigenvalue weighted by atomic mass is 10.1. The van der Waals surface area contributed by atoms with Gasteiger partial charge < -0.3 is 8.97 Å². The van der Waals surface area contributed by atoms with Crippen molar-refractivity contribution in [2.24, 2.45) is 0 Å². The molecule has 2 heterocycles. The molecule has 1 aromatic carbocycles. The molecule has 0 radical (unpaired) electrons. The predicted molar refractivity (Wildman–Crippen MR) is 76.1 cm³/mol. The van der Waals surface area contributed by atoms with Gasteiger partial charge in [-0.3, -0.25) is 4.21 Å². The zero-order chi connectivity index (χ0) is 14.8. The Morgan fingerprint density at radius 2 is 2.00 bits per heavy atom. The van der Waals surface area contributed by atoms with E-state index in [-0.39, 0.29) is 17.3 Å². The molecule has 3 rings (SSSR count). The summed E-state index contributed by atoms with van der Waals surface area (Å²) in [7, 11) is 0. The topological polar surface area (TPSA) is 96.1 Å². The normalized spacial score (nSPS) is 12.4. The van der Waals surface area contributed by atoms with Crippen molar-refractivity contribution in [1.82, 2.24) is 9.97 Å². The molecule has 1 unspecified atom stereocenters. The molecule has 0 saturated heterocycles. The van der Waals surface area contributed by atoms with Gasteiger partial charge in [-0.15, -0.1) is 0 Å². The third-order valence-corrected chi connectivity index (χ3v) is 3.36. The van der Waals surface area contributed by atoms with Gasteiger partial charge in [0.25, 0.3) is 0 Å². The number of benzene rings is 1. The van der Waals surface area contributed by atoms with Gasteiger partial charge in [0.2, 0.25) is 5.71 Å². The highest BCUT2D eigenvalue weighted by Crippen LogP contribution is 2.19. The molecule has 0 saturated carbocycles. The third kappa shape index (κ3) is 2.88. The molecular formula is C14H9N2O4S-. The van der Waals surface area contributed by atoms with Crippen LogP contribution in [0.25, 0.3) is 22.2 Å². The number of nitrogens with zero attached hydrogens (tertiary/aromatic N) is 2. The lowest BCUT2D eigenvalue weighted by Gasteiger charge is -2.05. The molecule has 0 bridgehead atoms. The maximum Gasteiger partial charge on any atom is 0.345 e.